The van der Waals surface area contributed by atoms with E-state index in [1.807, 2.05) is 35.9 Å². The summed E-state index contributed by atoms with van der Waals surface area (Å²) < 4.78 is 14.1. The maximum atomic E-state index is 12.2. The second kappa shape index (κ2) is 5.82. The first-order chi connectivity index (χ1) is 8.68. The summed E-state index contributed by atoms with van der Waals surface area (Å²) >= 11 is 0. The van der Waals surface area contributed by atoms with Crippen molar-refractivity contribution in [2.45, 2.75) is 24.8 Å². The lowest BCUT2D eigenvalue weighted by atomic mass is 10.2. The van der Waals surface area contributed by atoms with Crippen LogP contribution in [0.25, 0.3) is 0 Å². The van der Waals surface area contributed by atoms with Crippen molar-refractivity contribution in [3.05, 3.63) is 42.5 Å². The fourth-order valence-corrected chi connectivity index (χ4v) is 3.01. The van der Waals surface area contributed by atoms with Gasteiger partial charge in [-0.2, -0.15) is 0 Å². The fraction of sp³-hybridized carbons (Fsp3) is 0.308. The molecular formula is C13H17N3OS. The van der Waals surface area contributed by atoms with Crippen molar-refractivity contribution in [3.63, 3.8) is 0 Å². The Kier molecular flexibility index (Phi) is 4.15. The molecule has 2 N–H and O–H groups in total. The van der Waals surface area contributed by atoms with Crippen LogP contribution in [0.15, 0.2) is 41.8 Å². The van der Waals surface area contributed by atoms with E-state index in [1.54, 1.807) is 12.5 Å². The Morgan fingerprint density at radius 2 is 2.28 bits per heavy atom. The molecule has 0 amide bonds. The van der Waals surface area contributed by atoms with Crippen LogP contribution in [-0.4, -0.2) is 19.5 Å². The van der Waals surface area contributed by atoms with E-state index in [-0.39, 0.29) is 0 Å². The van der Waals surface area contributed by atoms with Crippen LogP contribution >= 0.6 is 0 Å². The van der Waals surface area contributed by atoms with Gasteiger partial charge in [0, 0.05) is 24.7 Å². The quantitative estimate of drug-likeness (QED) is 0.839. The van der Waals surface area contributed by atoms with E-state index < -0.39 is 10.8 Å². The van der Waals surface area contributed by atoms with Gasteiger partial charge in [0.25, 0.3) is 0 Å². The Balaban J connectivity index is 1.93. The van der Waals surface area contributed by atoms with Crippen LogP contribution in [0.4, 0.5) is 5.69 Å². The molecule has 1 atom stereocenters. The number of para-hydroxylation sites is 1. The number of nitrogen functional groups attached to an aromatic ring is 1. The van der Waals surface area contributed by atoms with Gasteiger partial charge < -0.3 is 10.3 Å². The molecular weight excluding hydrogens is 246 g/mol. The standard InChI is InChI=1S/C13H17N3OS/c1-11-4-2-5-12(13(11)14)18(17)9-3-7-16-8-6-15-10-16/h2,4-6,8,10H,3,7,9,14H2,1H3. The molecule has 1 aromatic carbocycles. The minimum atomic E-state index is -1.03. The summed E-state index contributed by atoms with van der Waals surface area (Å²) in [4.78, 5) is 4.72. The molecule has 96 valence electrons. The van der Waals surface area contributed by atoms with Crippen molar-refractivity contribution in [2.75, 3.05) is 11.5 Å². The SMILES string of the molecule is Cc1cccc(S(=O)CCCn2ccnc2)c1N. The van der Waals surface area contributed by atoms with Crippen LogP contribution in [-0.2, 0) is 17.3 Å². The van der Waals surface area contributed by atoms with Gasteiger partial charge in [-0.3, -0.25) is 4.21 Å². The Morgan fingerprint density at radius 1 is 1.44 bits per heavy atom. The molecule has 0 spiro atoms. The number of rotatable bonds is 5. The molecule has 5 heteroatoms. The zero-order chi connectivity index (χ0) is 13.0. The highest BCUT2D eigenvalue weighted by Crippen LogP contribution is 2.20. The number of imidazole rings is 1. The molecule has 0 bridgehead atoms. The lowest BCUT2D eigenvalue weighted by molar-refractivity contribution is 0.658. The predicted molar refractivity (Wildman–Crippen MR) is 73.7 cm³/mol. The third-order valence-corrected chi connectivity index (χ3v) is 4.34. The molecule has 1 unspecified atom stereocenters. The number of nitrogens with zero attached hydrogens (tertiary/aromatic N) is 2. The van der Waals surface area contributed by atoms with Crippen LogP contribution in [0.1, 0.15) is 12.0 Å². The molecule has 0 fully saturated rings. The molecule has 1 heterocycles. The molecule has 2 rings (SSSR count). The van der Waals surface area contributed by atoms with Gasteiger partial charge in [0.15, 0.2) is 0 Å². The molecule has 0 radical (unpaired) electrons. The van der Waals surface area contributed by atoms with Gasteiger partial charge in [0.1, 0.15) is 0 Å². The number of benzene rings is 1. The minimum absolute atomic E-state index is 0.617. The van der Waals surface area contributed by atoms with Gasteiger partial charge in [0.2, 0.25) is 0 Å². The van der Waals surface area contributed by atoms with Crippen molar-refractivity contribution in [3.8, 4) is 0 Å². The Bertz CT molecular complexity index is 537. The lowest BCUT2D eigenvalue weighted by Crippen LogP contribution is -2.06. The average molecular weight is 263 g/mol. The van der Waals surface area contributed by atoms with Crippen molar-refractivity contribution in [1.82, 2.24) is 9.55 Å². The molecule has 0 aliphatic carbocycles. The van der Waals surface area contributed by atoms with Gasteiger partial charge in [-0.25, -0.2) is 4.98 Å². The van der Waals surface area contributed by atoms with E-state index in [0.29, 0.717) is 11.4 Å². The number of hydrogen-bond acceptors (Lipinski definition) is 3. The van der Waals surface area contributed by atoms with Crippen LogP contribution < -0.4 is 5.73 Å². The van der Waals surface area contributed by atoms with Gasteiger partial charge in [-0.05, 0) is 25.0 Å². The first-order valence-corrected chi connectivity index (χ1v) is 7.19. The molecule has 4 nitrogen and oxygen atoms in total. The summed E-state index contributed by atoms with van der Waals surface area (Å²) in [6, 6.07) is 5.67. The molecule has 0 aliphatic heterocycles. The van der Waals surface area contributed by atoms with E-state index in [4.69, 9.17) is 5.73 Å². The van der Waals surface area contributed by atoms with E-state index >= 15 is 0 Å². The first-order valence-electron chi connectivity index (χ1n) is 5.87. The molecule has 0 aliphatic rings. The normalized spacial score (nSPS) is 12.5. The Labute approximate surface area is 109 Å². The molecule has 0 saturated carbocycles. The third kappa shape index (κ3) is 2.98. The number of aromatic nitrogens is 2. The highest BCUT2D eigenvalue weighted by Gasteiger charge is 2.09. The summed E-state index contributed by atoms with van der Waals surface area (Å²) in [5.74, 6) is 0.617. The molecule has 0 saturated heterocycles. The molecule has 1 aromatic heterocycles. The van der Waals surface area contributed by atoms with E-state index in [0.717, 1.165) is 23.4 Å². The van der Waals surface area contributed by atoms with Crippen LogP contribution in [0.3, 0.4) is 0 Å². The average Bonchev–Trinajstić information content (AvgIpc) is 2.85. The molecule has 2 aromatic rings. The van der Waals surface area contributed by atoms with Crippen molar-refractivity contribution < 1.29 is 4.21 Å². The summed E-state index contributed by atoms with van der Waals surface area (Å²) in [6.45, 7) is 2.76. The number of nitrogens with two attached hydrogens (primary N) is 1. The second-order valence-corrected chi connectivity index (χ2v) is 5.73. The summed E-state index contributed by atoms with van der Waals surface area (Å²) in [5.41, 5.74) is 7.57. The van der Waals surface area contributed by atoms with E-state index in [9.17, 15) is 4.21 Å². The Morgan fingerprint density at radius 3 is 3.00 bits per heavy atom. The van der Waals surface area contributed by atoms with Crippen LogP contribution in [0.2, 0.25) is 0 Å². The van der Waals surface area contributed by atoms with Gasteiger partial charge in [0.05, 0.1) is 27.7 Å². The van der Waals surface area contributed by atoms with Crippen molar-refractivity contribution in [1.29, 1.82) is 0 Å². The molecule has 18 heavy (non-hydrogen) atoms. The fourth-order valence-electron chi connectivity index (χ4n) is 1.76. The van der Waals surface area contributed by atoms with E-state index in [2.05, 4.69) is 4.98 Å². The summed E-state index contributed by atoms with van der Waals surface area (Å²) in [6.07, 6.45) is 6.26. The second-order valence-electron chi connectivity index (χ2n) is 4.19. The number of hydrogen-bond donors (Lipinski definition) is 1. The van der Waals surface area contributed by atoms with Crippen LogP contribution in [0.5, 0.6) is 0 Å². The van der Waals surface area contributed by atoms with Gasteiger partial charge >= 0.3 is 0 Å². The van der Waals surface area contributed by atoms with E-state index in [1.165, 1.54) is 0 Å². The van der Waals surface area contributed by atoms with Crippen molar-refractivity contribution >= 4 is 16.5 Å². The van der Waals surface area contributed by atoms with Gasteiger partial charge in [-0.15, -0.1) is 0 Å². The Hall–Kier alpha value is -1.62. The van der Waals surface area contributed by atoms with Crippen LogP contribution in [0, 0.1) is 6.92 Å². The lowest BCUT2D eigenvalue weighted by Gasteiger charge is -2.08. The predicted octanol–water partition coefficient (Wildman–Crippen LogP) is 1.97. The minimum Gasteiger partial charge on any atom is -0.398 e. The monoisotopic (exact) mass is 263 g/mol. The topological polar surface area (TPSA) is 60.9 Å². The summed E-state index contributed by atoms with van der Waals surface area (Å²) in [5, 5.41) is 0. The third-order valence-electron chi connectivity index (χ3n) is 2.83. The zero-order valence-electron chi connectivity index (χ0n) is 10.4. The summed E-state index contributed by atoms with van der Waals surface area (Å²) in [7, 11) is -1.03. The van der Waals surface area contributed by atoms with Gasteiger partial charge in [-0.1, -0.05) is 12.1 Å². The maximum absolute atomic E-state index is 12.2. The largest absolute Gasteiger partial charge is 0.398 e. The zero-order valence-corrected chi connectivity index (χ0v) is 11.2. The maximum Gasteiger partial charge on any atom is 0.0945 e. The smallest absolute Gasteiger partial charge is 0.0945 e. The number of aryl methyl sites for hydroxylation is 2. The highest BCUT2D eigenvalue weighted by molar-refractivity contribution is 7.85. The highest BCUT2D eigenvalue weighted by atomic mass is 32.2. The number of anilines is 1. The first kappa shape index (κ1) is 12.8. The van der Waals surface area contributed by atoms with Crippen molar-refractivity contribution in [2.24, 2.45) is 0 Å².